The Morgan fingerprint density at radius 2 is 1.65 bits per heavy atom. The van der Waals surface area contributed by atoms with Gasteiger partial charge in [0.2, 0.25) is 6.41 Å². The number of nitrogens with one attached hydrogen (secondary N) is 1. The summed E-state index contributed by atoms with van der Waals surface area (Å²) < 4.78 is 0. The summed E-state index contributed by atoms with van der Waals surface area (Å²) in [4.78, 5) is 33.7. The second-order valence-electron chi connectivity index (χ2n) is 4.42. The van der Waals surface area contributed by atoms with Crippen LogP contribution < -0.4 is 5.32 Å². The number of amides is 1. The molecule has 5 heteroatoms. The quantitative estimate of drug-likeness (QED) is 0.712. The predicted molar refractivity (Wildman–Crippen MR) is 72.0 cm³/mol. The van der Waals surface area contributed by atoms with E-state index < -0.39 is 5.97 Å². The fourth-order valence-corrected chi connectivity index (χ4v) is 2.37. The second-order valence-corrected chi connectivity index (χ2v) is 4.42. The smallest absolute Gasteiger partial charge is 0.335 e. The fraction of sp³-hybridized carbons (Fsp3) is 0. The van der Waals surface area contributed by atoms with Crippen LogP contribution in [0.2, 0.25) is 0 Å². The van der Waals surface area contributed by atoms with Crippen molar-refractivity contribution >= 4 is 23.9 Å². The van der Waals surface area contributed by atoms with Gasteiger partial charge in [-0.05, 0) is 35.4 Å². The third-order valence-electron chi connectivity index (χ3n) is 3.29. The van der Waals surface area contributed by atoms with E-state index in [-0.39, 0.29) is 11.3 Å². The van der Waals surface area contributed by atoms with Crippen molar-refractivity contribution in [1.29, 1.82) is 0 Å². The molecule has 0 spiro atoms. The summed E-state index contributed by atoms with van der Waals surface area (Å²) in [5.74, 6) is -1.30. The first kappa shape index (κ1) is 12.1. The van der Waals surface area contributed by atoms with Gasteiger partial charge in [0.25, 0.3) is 0 Å². The van der Waals surface area contributed by atoms with Gasteiger partial charge in [-0.2, -0.15) is 0 Å². The van der Waals surface area contributed by atoms with Crippen LogP contribution in [0, 0.1) is 0 Å². The van der Waals surface area contributed by atoms with Crippen molar-refractivity contribution < 1.29 is 19.5 Å². The summed E-state index contributed by atoms with van der Waals surface area (Å²) in [5.41, 5.74) is 2.91. The molecule has 1 aliphatic rings. The van der Waals surface area contributed by atoms with Gasteiger partial charge in [0.1, 0.15) is 0 Å². The molecule has 2 N–H and O–H groups in total. The average molecular weight is 267 g/mol. The largest absolute Gasteiger partial charge is 0.478 e. The maximum absolute atomic E-state index is 12.3. The van der Waals surface area contributed by atoms with Crippen molar-refractivity contribution in [2.75, 3.05) is 5.32 Å². The van der Waals surface area contributed by atoms with Crippen LogP contribution in [0.1, 0.15) is 26.3 Å². The van der Waals surface area contributed by atoms with Crippen LogP contribution in [-0.2, 0) is 4.79 Å². The van der Waals surface area contributed by atoms with E-state index in [0.29, 0.717) is 28.8 Å². The summed E-state index contributed by atoms with van der Waals surface area (Å²) >= 11 is 0. The number of hydrogen-bond acceptors (Lipinski definition) is 3. The van der Waals surface area contributed by atoms with Crippen LogP contribution in [0.3, 0.4) is 0 Å². The molecule has 1 aliphatic carbocycles. The first-order valence-corrected chi connectivity index (χ1v) is 5.88. The Hall–Kier alpha value is -2.95. The molecule has 0 fully saturated rings. The lowest BCUT2D eigenvalue weighted by Crippen LogP contribution is -2.01. The molecule has 1 amide bonds. The normalized spacial score (nSPS) is 11.7. The van der Waals surface area contributed by atoms with Gasteiger partial charge in [0.05, 0.1) is 5.56 Å². The Labute approximate surface area is 113 Å². The number of hydrogen-bond donors (Lipinski definition) is 2. The molecule has 0 aliphatic heterocycles. The van der Waals surface area contributed by atoms with Gasteiger partial charge in [-0.15, -0.1) is 0 Å². The van der Waals surface area contributed by atoms with Crippen LogP contribution in [-0.4, -0.2) is 23.3 Å². The highest BCUT2D eigenvalue weighted by Gasteiger charge is 2.27. The van der Waals surface area contributed by atoms with Crippen molar-refractivity contribution in [2.45, 2.75) is 0 Å². The molecular formula is C15H9NO4. The number of anilines is 1. The van der Waals surface area contributed by atoms with Crippen molar-refractivity contribution in [1.82, 2.24) is 0 Å². The lowest BCUT2D eigenvalue weighted by atomic mass is 10.0. The topological polar surface area (TPSA) is 83.5 Å². The Bertz CT molecular complexity index is 764. The van der Waals surface area contributed by atoms with Gasteiger partial charge < -0.3 is 10.4 Å². The molecule has 3 rings (SSSR count). The number of fused-ring (bicyclic) bond motifs is 3. The molecule has 0 bridgehead atoms. The fourth-order valence-electron chi connectivity index (χ4n) is 2.37. The molecule has 98 valence electrons. The lowest BCUT2D eigenvalue weighted by Gasteiger charge is -2.02. The number of carboxylic acids is 1. The summed E-state index contributed by atoms with van der Waals surface area (Å²) in [5, 5.41) is 11.5. The minimum atomic E-state index is -1.07. The zero-order chi connectivity index (χ0) is 14.3. The number of carbonyl (C=O) groups excluding carboxylic acids is 2. The molecule has 0 saturated carbocycles. The zero-order valence-electron chi connectivity index (χ0n) is 10.2. The van der Waals surface area contributed by atoms with Crippen LogP contribution >= 0.6 is 0 Å². The van der Waals surface area contributed by atoms with E-state index in [9.17, 15) is 14.4 Å². The van der Waals surface area contributed by atoms with E-state index >= 15 is 0 Å². The minimum absolute atomic E-state index is 0.0798. The summed E-state index contributed by atoms with van der Waals surface area (Å²) in [6, 6.07) is 9.52. The van der Waals surface area contributed by atoms with Crippen LogP contribution in [0.5, 0.6) is 0 Å². The number of rotatable bonds is 3. The molecule has 5 nitrogen and oxygen atoms in total. The molecule has 2 aromatic rings. The first-order valence-electron chi connectivity index (χ1n) is 5.88. The van der Waals surface area contributed by atoms with Crippen molar-refractivity contribution in [3.05, 3.63) is 53.1 Å². The summed E-state index contributed by atoms with van der Waals surface area (Å²) in [6.45, 7) is 0. The molecule has 0 heterocycles. The van der Waals surface area contributed by atoms with E-state index in [4.69, 9.17) is 5.11 Å². The third-order valence-corrected chi connectivity index (χ3v) is 3.29. The Morgan fingerprint density at radius 1 is 1.00 bits per heavy atom. The van der Waals surface area contributed by atoms with Gasteiger partial charge in [-0.25, -0.2) is 4.79 Å². The van der Waals surface area contributed by atoms with Crippen LogP contribution in [0.15, 0.2) is 36.4 Å². The van der Waals surface area contributed by atoms with Gasteiger partial charge >= 0.3 is 5.97 Å². The lowest BCUT2D eigenvalue weighted by molar-refractivity contribution is -0.105. The highest BCUT2D eigenvalue weighted by atomic mass is 16.4. The number of benzene rings is 2. The van der Waals surface area contributed by atoms with E-state index in [0.717, 1.165) is 5.56 Å². The van der Waals surface area contributed by atoms with E-state index in [2.05, 4.69) is 5.32 Å². The molecule has 0 aromatic heterocycles. The van der Waals surface area contributed by atoms with Crippen LogP contribution in [0.25, 0.3) is 11.1 Å². The summed E-state index contributed by atoms with van der Waals surface area (Å²) in [7, 11) is 0. The van der Waals surface area contributed by atoms with E-state index in [1.54, 1.807) is 24.3 Å². The van der Waals surface area contributed by atoms with Gasteiger partial charge in [0.15, 0.2) is 5.78 Å². The first-order chi connectivity index (χ1) is 9.61. The molecule has 20 heavy (non-hydrogen) atoms. The van der Waals surface area contributed by atoms with Gasteiger partial charge in [0, 0.05) is 16.8 Å². The van der Waals surface area contributed by atoms with Crippen molar-refractivity contribution in [2.24, 2.45) is 0 Å². The Kier molecular flexibility index (Phi) is 2.61. The SMILES string of the molecule is O=CNc1ccc2c(c1)C(=O)c1cc(C(=O)O)ccc1-2. The molecular weight excluding hydrogens is 258 g/mol. The zero-order valence-corrected chi connectivity index (χ0v) is 10.2. The predicted octanol–water partition coefficient (Wildman–Crippen LogP) is 2.16. The second kappa shape index (κ2) is 4.31. The summed E-state index contributed by atoms with van der Waals surface area (Å²) in [6.07, 6.45) is 0.539. The highest BCUT2D eigenvalue weighted by molar-refractivity contribution is 6.22. The number of carbonyl (C=O) groups is 3. The molecule has 0 radical (unpaired) electrons. The number of ketones is 1. The van der Waals surface area contributed by atoms with Crippen molar-refractivity contribution in [3.8, 4) is 11.1 Å². The van der Waals surface area contributed by atoms with E-state index in [1.165, 1.54) is 12.1 Å². The third kappa shape index (κ3) is 1.68. The van der Waals surface area contributed by atoms with Gasteiger partial charge in [-0.3, -0.25) is 9.59 Å². The Morgan fingerprint density at radius 3 is 2.30 bits per heavy atom. The van der Waals surface area contributed by atoms with Crippen molar-refractivity contribution in [3.63, 3.8) is 0 Å². The minimum Gasteiger partial charge on any atom is -0.478 e. The molecule has 0 unspecified atom stereocenters. The number of aromatic carboxylic acids is 1. The molecule has 2 aromatic carbocycles. The highest BCUT2D eigenvalue weighted by Crippen LogP contribution is 2.38. The molecule has 0 atom stereocenters. The van der Waals surface area contributed by atoms with Gasteiger partial charge in [-0.1, -0.05) is 12.1 Å². The van der Waals surface area contributed by atoms with E-state index in [1.807, 2.05) is 0 Å². The number of carboxylic acid groups (broad SMARTS) is 1. The Balaban J connectivity index is 2.15. The average Bonchev–Trinajstić information content (AvgIpc) is 2.72. The maximum atomic E-state index is 12.3. The van der Waals surface area contributed by atoms with Crippen LogP contribution in [0.4, 0.5) is 5.69 Å². The monoisotopic (exact) mass is 267 g/mol. The standard InChI is InChI=1S/C15H9NO4/c17-7-16-9-2-4-11-10-3-1-8(15(19)20)5-12(10)14(18)13(11)6-9/h1-7H,(H,16,17)(H,19,20). The maximum Gasteiger partial charge on any atom is 0.335 e. The molecule has 0 saturated heterocycles.